The van der Waals surface area contributed by atoms with Crippen LogP contribution in [0.3, 0.4) is 0 Å². The number of carbonyl (C=O) groups excluding carboxylic acids is 1. The average molecular weight is 621 g/mol. The van der Waals surface area contributed by atoms with Gasteiger partial charge in [-0.05, 0) is 44.7 Å². The van der Waals surface area contributed by atoms with Gasteiger partial charge in [0.2, 0.25) is 5.95 Å². The number of nitrogens with two attached hydrogens (primary N) is 1. The Labute approximate surface area is 238 Å². The molecule has 3 aromatic rings. The van der Waals surface area contributed by atoms with Gasteiger partial charge in [0.15, 0.2) is 21.7 Å². The maximum Gasteiger partial charge on any atom is 0.323 e. The lowest BCUT2D eigenvalue weighted by Crippen LogP contribution is -2.39. The molecule has 4 rings (SSSR count). The lowest BCUT2D eigenvalue weighted by Gasteiger charge is -2.28. The number of carbonyl (C=O) groups is 1. The van der Waals surface area contributed by atoms with Crippen LogP contribution >= 0.6 is 29.8 Å². The van der Waals surface area contributed by atoms with E-state index in [0.29, 0.717) is 5.75 Å². The number of alkyl halides is 2. The number of aliphatic hydroxyl groups is 1. The van der Waals surface area contributed by atoms with Crippen molar-refractivity contribution in [1.29, 1.82) is 0 Å². The van der Waals surface area contributed by atoms with Gasteiger partial charge in [-0.15, -0.1) is 0 Å². The van der Waals surface area contributed by atoms with Crippen LogP contribution in [0.2, 0.25) is 0 Å². The number of ether oxygens (including phenoxy) is 2. The highest BCUT2D eigenvalue weighted by atomic mass is 35.5. The summed E-state index contributed by atoms with van der Waals surface area (Å²) in [5.74, 6) is -0.310. The molecule has 17 heteroatoms. The number of aliphatic hydroxyl groups excluding tert-OH is 1. The topological polar surface area (TPSA) is 176 Å². The standard InChI is InChI=1S/C22H27Cl2N6O7PS/c1-11(2)35-19(33)12(3)29-38(39,37-13-7-5-4-6-8-13)34-9-14-16(31)22(23,24)20(36-14)30-10-26-15-17(30)27-21(25)28-18(15)32/h4-8,10-12,14,16,20,31H,9H2,1-3H3,(H,29,39)(H3,25,27,28,32)/t12-,14-,16-,20-,38+/m1/s1. The molecule has 0 radical (unpaired) electrons. The average Bonchev–Trinajstić information content (AvgIpc) is 3.36. The zero-order valence-corrected chi connectivity index (χ0v) is 24.2. The van der Waals surface area contributed by atoms with Gasteiger partial charge in [0.25, 0.3) is 5.56 Å². The van der Waals surface area contributed by atoms with Crippen LogP contribution in [0.25, 0.3) is 11.2 Å². The van der Waals surface area contributed by atoms with Gasteiger partial charge in [0.05, 0.1) is 19.0 Å². The molecular weight excluding hydrogens is 594 g/mol. The first-order chi connectivity index (χ1) is 18.3. The Hall–Kier alpha value is -2.29. The number of rotatable bonds is 10. The Kier molecular flexibility index (Phi) is 8.89. The minimum atomic E-state index is -3.44. The number of benzene rings is 1. The molecule has 1 aromatic carbocycles. The van der Waals surface area contributed by atoms with Crippen LogP contribution in [0.4, 0.5) is 5.95 Å². The number of anilines is 1. The fraction of sp³-hybridized carbons (Fsp3) is 0.455. The van der Waals surface area contributed by atoms with Gasteiger partial charge in [-0.25, -0.2) is 10.1 Å². The van der Waals surface area contributed by atoms with E-state index in [-0.39, 0.29) is 29.8 Å². The van der Waals surface area contributed by atoms with E-state index in [1.54, 1.807) is 51.1 Å². The molecule has 0 amide bonds. The van der Waals surface area contributed by atoms with E-state index in [2.05, 4.69) is 20.0 Å². The summed E-state index contributed by atoms with van der Waals surface area (Å²) in [6, 6.07) is 7.76. The molecule has 1 aliphatic rings. The Morgan fingerprint density at radius 1 is 1.36 bits per heavy atom. The number of halogens is 2. The molecule has 0 spiro atoms. The molecule has 1 fully saturated rings. The molecule has 1 aliphatic heterocycles. The Morgan fingerprint density at radius 3 is 2.72 bits per heavy atom. The molecule has 2 aromatic heterocycles. The number of nitrogens with zero attached hydrogens (tertiary/aromatic N) is 3. The zero-order valence-electron chi connectivity index (χ0n) is 21.0. The number of aromatic amines is 1. The van der Waals surface area contributed by atoms with E-state index < -0.39 is 47.0 Å². The third-order valence-electron chi connectivity index (χ3n) is 5.52. The fourth-order valence-electron chi connectivity index (χ4n) is 3.73. The normalized spacial score (nSPS) is 23.0. The summed E-state index contributed by atoms with van der Waals surface area (Å²) in [6.07, 6.45) is -2.91. The number of hydrogen-bond donors (Lipinski definition) is 4. The van der Waals surface area contributed by atoms with Gasteiger partial charge >= 0.3 is 12.6 Å². The van der Waals surface area contributed by atoms with Crippen LogP contribution in [0.15, 0.2) is 41.5 Å². The highest BCUT2D eigenvalue weighted by Gasteiger charge is 2.56. The molecule has 0 unspecified atom stereocenters. The minimum absolute atomic E-state index is 0.0237. The smallest absolute Gasteiger partial charge is 0.323 e. The van der Waals surface area contributed by atoms with Crippen molar-refractivity contribution in [3.8, 4) is 5.75 Å². The van der Waals surface area contributed by atoms with Gasteiger partial charge in [-0.3, -0.25) is 19.1 Å². The Balaban J connectivity index is 1.56. The molecule has 0 saturated carbocycles. The van der Waals surface area contributed by atoms with Gasteiger partial charge in [0.1, 0.15) is 24.0 Å². The van der Waals surface area contributed by atoms with E-state index in [1.807, 2.05) is 0 Å². The van der Waals surface area contributed by atoms with E-state index in [9.17, 15) is 14.7 Å². The first-order valence-corrected chi connectivity index (χ1v) is 15.1. The van der Waals surface area contributed by atoms with E-state index in [0.717, 1.165) is 0 Å². The predicted octanol–water partition coefficient (Wildman–Crippen LogP) is 2.38. The van der Waals surface area contributed by atoms with Crippen molar-refractivity contribution in [1.82, 2.24) is 24.6 Å². The fourth-order valence-corrected chi connectivity index (χ4v) is 6.74. The van der Waals surface area contributed by atoms with Gasteiger partial charge in [-0.1, -0.05) is 41.4 Å². The van der Waals surface area contributed by atoms with Gasteiger partial charge < -0.3 is 29.4 Å². The zero-order chi connectivity index (χ0) is 28.5. The second-order valence-electron chi connectivity index (χ2n) is 8.96. The molecule has 3 heterocycles. The summed E-state index contributed by atoms with van der Waals surface area (Å²) in [7, 11) is 0. The minimum Gasteiger partial charge on any atom is -0.462 e. The second kappa shape index (κ2) is 11.7. The maximum atomic E-state index is 12.4. The van der Waals surface area contributed by atoms with E-state index in [1.165, 1.54) is 10.9 Å². The van der Waals surface area contributed by atoms with Crippen molar-refractivity contribution in [3.63, 3.8) is 0 Å². The molecule has 0 bridgehead atoms. The van der Waals surface area contributed by atoms with Gasteiger partial charge in [0, 0.05) is 0 Å². The van der Waals surface area contributed by atoms with E-state index >= 15 is 0 Å². The second-order valence-corrected chi connectivity index (χ2v) is 13.5. The van der Waals surface area contributed by atoms with Crippen molar-refractivity contribution in [3.05, 3.63) is 47.0 Å². The van der Waals surface area contributed by atoms with Crippen LogP contribution < -0.4 is 20.9 Å². The third-order valence-corrected chi connectivity index (χ3v) is 8.84. The van der Waals surface area contributed by atoms with Gasteiger partial charge in [-0.2, -0.15) is 4.98 Å². The quantitative estimate of drug-likeness (QED) is 0.148. The SMILES string of the molecule is CC(C)OC(=O)[C@@H](C)N[P@](=S)(OC[C@H]1O[C@@H](n2cnc3c(=O)[nH]c(N)nc32)C(Cl)(Cl)[C@@H]1O)Oc1ccccc1. The number of nitrogens with one attached hydrogen (secondary N) is 2. The number of H-pyrrole nitrogens is 1. The number of para-hydroxylation sites is 1. The number of imidazole rings is 1. The Bertz CT molecular complexity index is 1440. The van der Waals surface area contributed by atoms with Crippen LogP contribution in [-0.4, -0.2) is 65.9 Å². The maximum absolute atomic E-state index is 12.4. The summed E-state index contributed by atoms with van der Waals surface area (Å²) in [5.41, 5.74) is 5.13. The molecule has 13 nitrogen and oxygen atoms in total. The summed E-state index contributed by atoms with van der Waals surface area (Å²) < 4.78 is 22.5. The molecule has 1 saturated heterocycles. The van der Waals surface area contributed by atoms with Crippen molar-refractivity contribution >= 4 is 64.7 Å². The number of esters is 1. The number of fused-ring (bicyclic) bond motifs is 1. The predicted molar refractivity (Wildman–Crippen MR) is 148 cm³/mol. The molecule has 39 heavy (non-hydrogen) atoms. The highest BCUT2D eigenvalue weighted by molar-refractivity contribution is 8.09. The summed E-state index contributed by atoms with van der Waals surface area (Å²) in [4.78, 5) is 35.1. The van der Waals surface area contributed by atoms with Crippen molar-refractivity contribution in [2.24, 2.45) is 0 Å². The lowest BCUT2D eigenvalue weighted by atomic mass is 10.2. The highest BCUT2D eigenvalue weighted by Crippen LogP contribution is 2.50. The van der Waals surface area contributed by atoms with Crippen LogP contribution in [0.5, 0.6) is 5.75 Å². The first-order valence-electron chi connectivity index (χ1n) is 11.7. The molecule has 5 atom stereocenters. The molecular formula is C22H27Cl2N6O7PS. The molecule has 5 N–H and O–H groups in total. The van der Waals surface area contributed by atoms with Crippen molar-refractivity contribution in [2.75, 3.05) is 12.3 Å². The monoisotopic (exact) mass is 620 g/mol. The molecule has 212 valence electrons. The summed E-state index contributed by atoms with van der Waals surface area (Å²) in [6.45, 7) is 1.24. The van der Waals surface area contributed by atoms with E-state index in [4.69, 9.17) is 59.3 Å². The van der Waals surface area contributed by atoms with Crippen LogP contribution in [0.1, 0.15) is 27.0 Å². The molecule has 0 aliphatic carbocycles. The largest absolute Gasteiger partial charge is 0.462 e. The van der Waals surface area contributed by atoms with Crippen molar-refractivity contribution < 1.29 is 28.4 Å². The number of nitrogen functional groups attached to an aromatic ring is 1. The number of hydrogen-bond acceptors (Lipinski definition) is 11. The van der Waals surface area contributed by atoms with Crippen LogP contribution in [-0.2, 0) is 30.6 Å². The Morgan fingerprint density at radius 2 is 2.05 bits per heavy atom. The summed E-state index contributed by atoms with van der Waals surface area (Å²) >= 11 is 18.7. The third kappa shape index (κ3) is 6.55. The van der Waals surface area contributed by atoms with Crippen molar-refractivity contribution in [2.45, 2.75) is 55.7 Å². The number of aromatic nitrogens is 4. The summed E-state index contributed by atoms with van der Waals surface area (Å²) in [5, 5.41) is 13.9. The lowest BCUT2D eigenvalue weighted by molar-refractivity contribution is -0.149. The van der Waals surface area contributed by atoms with Crippen LogP contribution in [0, 0.1) is 0 Å². The first kappa shape index (κ1) is 29.7.